The second-order valence-corrected chi connectivity index (χ2v) is 10.4. The van der Waals surface area contributed by atoms with E-state index in [2.05, 4.69) is 20.3 Å². The maximum absolute atomic E-state index is 14.2. The molecule has 1 atom stereocenters. The number of sulfonamides is 1. The van der Waals surface area contributed by atoms with E-state index in [0.717, 1.165) is 11.6 Å². The van der Waals surface area contributed by atoms with Crippen molar-refractivity contribution in [3.8, 4) is 0 Å². The third kappa shape index (κ3) is 4.10. The highest BCUT2D eigenvalue weighted by Gasteiger charge is 2.33. The third-order valence-corrected chi connectivity index (χ3v) is 8.16. The van der Waals surface area contributed by atoms with Crippen molar-refractivity contribution in [2.24, 2.45) is 0 Å². The summed E-state index contributed by atoms with van der Waals surface area (Å²) in [6.45, 7) is 0.591. The van der Waals surface area contributed by atoms with Crippen LogP contribution in [0.4, 0.5) is 4.39 Å². The van der Waals surface area contributed by atoms with Gasteiger partial charge in [-0.1, -0.05) is 47.1 Å². The van der Waals surface area contributed by atoms with Crippen LogP contribution in [0.3, 0.4) is 0 Å². The van der Waals surface area contributed by atoms with E-state index in [1.54, 1.807) is 6.07 Å². The number of halogens is 2. The van der Waals surface area contributed by atoms with E-state index >= 15 is 0 Å². The van der Waals surface area contributed by atoms with Crippen molar-refractivity contribution in [1.29, 1.82) is 0 Å². The van der Waals surface area contributed by atoms with Gasteiger partial charge in [0.15, 0.2) is 11.2 Å². The average molecular weight is 503 g/mol. The first-order chi connectivity index (χ1) is 16.3. The van der Waals surface area contributed by atoms with Gasteiger partial charge in [-0.15, -0.1) is 5.10 Å². The van der Waals surface area contributed by atoms with E-state index in [1.807, 2.05) is 18.2 Å². The monoisotopic (exact) mass is 502 g/mol. The maximum Gasteiger partial charge on any atom is 0.281 e. The zero-order valence-electron chi connectivity index (χ0n) is 17.9. The quantitative estimate of drug-likeness (QED) is 0.449. The molecule has 9 nitrogen and oxygen atoms in total. The van der Waals surface area contributed by atoms with Crippen LogP contribution >= 0.6 is 11.6 Å². The summed E-state index contributed by atoms with van der Waals surface area (Å²) >= 11 is 6.26. The van der Waals surface area contributed by atoms with Crippen LogP contribution in [0.15, 0.2) is 58.2 Å². The Kier molecular flexibility index (Phi) is 5.92. The number of nitrogens with one attached hydrogen (secondary N) is 1. The van der Waals surface area contributed by atoms with Gasteiger partial charge in [-0.3, -0.25) is 4.79 Å². The van der Waals surface area contributed by atoms with Crippen molar-refractivity contribution in [2.45, 2.75) is 30.2 Å². The van der Waals surface area contributed by atoms with E-state index in [9.17, 15) is 17.6 Å². The normalized spacial score (nSPS) is 17.3. The molecule has 0 unspecified atom stereocenters. The molecule has 2 aromatic carbocycles. The highest BCUT2D eigenvalue weighted by atomic mass is 35.5. The number of hydrogen-bond acceptors (Lipinski definition) is 6. The highest BCUT2D eigenvalue weighted by Crippen LogP contribution is 2.29. The largest absolute Gasteiger partial charge is 0.308 e. The Morgan fingerprint density at radius 3 is 2.71 bits per heavy atom. The predicted molar refractivity (Wildman–Crippen MR) is 124 cm³/mol. The first kappa shape index (κ1) is 22.6. The van der Waals surface area contributed by atoms with Crippen LogP contribution in [0.25, 0.3) is 11.2 Å². The van der Waals surface area contributed by atoms with Crippen LogP contribution in [0.1, 0.15) is 30.1 Å². The zero-order chi connectivity index (χ0) is 23.9. The Morgan fingerprint density at radius 2 is 1.91 bits per heavy atom. The second-order valence-electron chi connectivity index (χ2n) is 8.09. The van der Waals surface area contributed by atoms with Gasteiger partial charge in [0.2, 0.25) is 10.0 Å². The van der Waals surface area contributed by atoms with Gasteiger partial charge in [0.25, 0.3) is 5.56 Å². The fourth-order valence-electron chi connectivity index (χ4n) is 4.15. The summed E-state index contributed by atoms with van der Waals surface area (Å²) < 4.78 is 43.1. The third-order valence-electron chi connectivity index (χ3n) is 5.90. The number of nitrogens with zero attached hydrogens (tertiary/aromatic N) is 5. The summed E-state index contributed by atoms with van der Waals surface area (Å²) in [5.41, 5.74) is 0.703. The minimum atomic E-state index is -4.04. The molecule has 0 aliphatic carbocycles. The summed E-state index contributed by atoms with van der Waals surface area (Å²) in [6, 6.07) is 12.6. The molecule has 2 aromatic heterocycles. The molecular formula is C22H20ClFN6O3S. The summed E-state index contributed by atoms with van der Waals surface area (Å²) in [7, 11) is -4.04. The standard InChI is InChI=1S/C22H20ClFN6O3S/c23-16-8-2-1-6-14(16)13-30-21-19(27-28-30)22(31)26-20(25-21)15-7-5-11-29(12-15)34(32,33)18-10-4-3-9-17(18)24/h1-4,6,8-10,15H,5,7,11-13H2,(H,25,26,31)/t15-/m1/s1. The molecule has 3 heterocycles. The molecule has 176 valence electrons. The molecule has 1 aliphatic heterocycles. The number of H-pyrrole nitrogens is 1. The number of hydrogen-bond donors (Lipinski definition) is 1. The molecule has 0 saturated carbocycles. The average Bonchev–Trinajstić information content (AvgIpc) is 3.24. The lowest BCUT2D eigenvalue weighted by atomic mass is 9.99. The van der Waals surface area contributed by atoms with Crippen molar-refractivity contribution in [3.05, 3.63) is 81.1 Å². The lowest BCUT2D eigenvalue weighted by Gasteiger charge is -2.31. The van der Waals surface area contributed by atoms with Gasteiger partial charge in [-0.2, -0.15) is 4.31 Å². The van der Waals surface area contributed by atoms with Crippen molar-refractivity contribution in [1.82, 2.24) is 29.3 Å². The number of piperidine rings is 1. The minimum Gasteiger partial charge on any atom is -0.308 e. The molecule has 0 bridgehead atoms. The molecule has 34 heavy (non-hydrogen) atoms. The molecule has 4 aromatic rings. The van der Waals surface area contributed by atoms with Crippen molar-refractivity contribution in [2.75, 3.05) is 13.1 Å². The maximum atomic E-state index is 14.2. The van der Waals surface area contributed by atoms with Crippen LogP contribution in [0, 0.1) is 5.82 Å². The summed E-state index contributed by atoms with van der Waals surface area (Å²) in [5.74, 6) is -0.836. The molecule has 1 fully saturated rings. The topological polar surface area (TPSA) is 114 Å². The van der Waals surface area contributed by atoms with E-state index in [0.29, 0.717) is 23.7 Å². The Morgan fingerprint density at radius 1 is 1.15 bits per heavy atom. The number of fused-ring (bicyclic) bond motifs is 1. The fourth-order valence-corrected chi connectivity index (χ4v) is 5.93. The van der Waals surface area contributed by atoms with Gasteiger partial charge >= 0.3 is 0 Å². The van der Waals surface area contributed by atoms with E-state index in [1.165, 1.54) is 27.2 Å². The van der Waals surface area contributed by atoms with Gasteiger partial charge in [-0.05, 0) is 36.6 Å². The molecule has 0 radical (unpaired) electrons. The van der Waals surface area contributed by atoms with Gasteiger partial charge in [0.05, 0.1) is 6.54 Å². The molecular weight excluding hydrogens is 483 g/mol. The number of aromatic nitrogens is 5. The van der Waals surface area contributed by atoms with Crippen LogP contribution in [0.2, 0.25) is 5.02 Å². The number of benzene rings is 2. The Balaban J connectivity index is 1.48. The van der Waals surface area contributed by atoms with E-state index in [4.69, 9.17) is 11.6 Å². The fraction of sp³-hybridized carbons (Fsp3) is 0.273. The first-order valence-electron chi connectivity index (χ1n) is 10.7. The molecule has 0 spiro atoms. The summed E-state index contributed by atoms with van der Waals surface area (Å²) in [4.78, 5) is 19.7. The van der Waals surface area contributed by atoms with Crippen molar-refractivity contribution < 1.29 is 12.8 Å². The lowest BCUT2D eigenvalue weighted by Crippen LogP contribution is -2.40. The van der Waals surface area contributed by atoms with Crippen LogP contribution < -0.4 is 5.56 Å². The first-order valence-corrected chi connectivity index (χ1v) is 12.5. The van der Waals surface area contributed by atoms with Gasteiger partial charge in [0, 0.05) is 24.0 Å². The SMILES string of the molecule is O=c1[nH]c([C@@H]2CCCN(S(=O)(=O)c3ccccc3F)C2)nc2c1nnn2Cc1ccccc1Cl. The van der Waals surface area contributed by atoms with E-state index in [-0.39, 0.29) is 41.6 Å². The van der Waals surface area contributed by atoms with Crippen molar-refractivity contribution in [3.63, 3.8) is 0 Å². The minimum absolute atomic E-state index is 0.0667. The lowest BCUT2D eigenvalue weighted by molar-refractivity contribution is 0.308. The van der Waals surface area contributed by atoms with Crippen LogP contribution in [0.5, 0.6) is 0 Å². The molecule has 12 heteroatoms. The zero-order valence-corrected chi connectivity index (χ0v) is 19.4. The molecule has 1 saturated heterocycles. The molecule has 0 amide bonds. The van der Waals surface area contributed by atoms with Gasteiger partial charge < -0.3 is 4.98 Å². The molecule has 1 aliphatic rings. The molecule has 1 N–H and O–H groups in total. The van der Waals surface area contributed by atoms with Crippen LogP contribution in [-0.2, 0) is 16.6 Å². The Labute approximate surface area is 199 Å². The number of rotatable bonds is 5. The van der Waals surface area contributed by atoms with Crippen LogP contribution in [-0.4, -0.2) is 50.8 Å². The Bertz CT molecular complexity index is 1540. The Hall–Kier alpha value is -3.15. The van der Waals surface area contributed by atoms with Gasteiger partial charge in [0.1, 0.15) is 16.5 Å². The molecule has 5 rings (SSSR count). The second kappa shape index (κ2) is 8.90. The smallest absolute Gasteiger partial charge is 0.281 e. The predicted octanol–water partition coefficient (Wildman–Crippen LogP) is 2.92. The van der Waals surface area contributed by atoms with Gasteiger partial charge in [-0.25, -0.2) is 22.5 Å². The van der Waals surface area contributed by atoms with E-state index < -0.39 is 21.4 Å². The number of aromatic amines is 1. The highest BCUT2D eigenvalue weighted by molar-refractivity contribution is 7.89. The van der Waals surface area contributed by atoms with Crippen molar-refractivity contribution >= 4 is 32.8 Å². The summed E-state index contributed by atoms with van der Waals surface area (Å²) in [5, 5.41) is 8.56. The summed E-state index contributed by atoms with van der Waals surface area (Å²) in [6.07, 6.45) is 1.15.